The molecule has 2 rings (SSSR count). The smallest absolute Gasteiger partial charge is 0.123 e. The molecule has 0 radical (unpaired) electrons. The predicted octanol–water partition coefficient (Wildman–Crippen LogP) is 2.65. The molecule has 0 saturated heterocycles. The molecule has 0 heterocycles. The summed E-state index contributed by atoms with van der Waals surface area (Å²) in [5, 5.41) is 9.59. The second-order valence-electron chi connectivity index (χ2n) is 4.97. The van der Waals surface area contributed by atoms with Crippen LogP contribution in [-0.4, -0.2) is 11.2 Å². The summed E-state index contributed by atoms with van der Waals surface area (Å²) >= 11 is 0. The first-order valence-corrected chi connectivity index (χ1v) is 6.85. The van der Waals surface area contributed by atoms with Gasteiger partial charge >= 0.3 is 0 Å². The van der Waals surface area contributed by atoms with Gasteiger partial charge in [0.25, 0.3) is 0 Å². The minimum absolute atomic E-state index is 0.401. The van der Waals surface area contributed by atoms with Gasteiger partial charge < -0.3 is 15.6 Å². The second kappa shape index (κ2) is 7.08. The van der Waals surface area contributed by atoms with Crippen molar-refractivity contribution in [2.75, 3.05) is 0 Å². The van der Waals surface area contributed by atoms with E-state index in [2.05, 4.69) is 0 Å². The topological polar surface area (TPSA) is 55.5 Å². The van der Waals surface area contributed by atoms with E-state index in [4.69, 9.17) is 10.5 Å². The van der Waals surface area contributed by atoms with Gasteiger partial charge in [-0.15, -0.1) is 0 Å². The lowest BCUT2D eigenvalue weighted by atomic mass is 10.0. The summed E-state index contributed by atoms with van der Waals surface area (Å²) in [5.41, 5.74) is 8.83. The van der Waals surface area contributed by atoms with Crippen LogP contribution in [0.4, 0.5) is 0 Å². The lowest BCUT2D eigenvalue weighted by molar-refractivity contribution is 0.193. The molecule has 3 nitrogen and oxygen atoms in total. The average Bonchev–Trinajstić information content (AvgIpc) is 2.46. The minimum Gasteiger partial charge on any atom is -0.489 e. The van der Waals surface area contributed by atoms with Gasteiger partial charge in [-0.3, -0.25) is 0 Å². The summed E-state index contributed by atoms with van der Waals surface area (Å²) in [6.45, 7) is 2.79. The Labute approximate surface area is 120 Å². The third-order valence-electron chi connectivity index (χ3n) is 3.11. The molecule has 3 N–H and O–H groups in total. The van der Waals surface area contributed by atoms with Crippen LogP contribution in [0.1, 0.15) is 23.6 Å². The molecule has 2 aromatic carbocycles. The van der Waals surface area contributed by atoms with Crippen LogP contribution in [0.2, 0.25) is 0 Å². The number of benzene rings is 2. The fourth-order valence-corrected chi connectivity index (χ4v) is 2.11. The van der Waals surface area contributed by atoms with Crippen LogP contribution in [0.15, 0.2) is 48.5 Å². The van der Waals surface area contributed by atoms with Crippen LogP contribution < -0.4 is 10.5 Å². The SMILES string of the molecule is C[C@H](O)Cc1cc(CN)ccc1OCc1ccccc1. The highest BCUT2D eigenvalue weighted by Crippen LogP contribution is 2.23. The van der Waals surface area contributed by atoms with E-state index in [-0.39, 0.29) is 0 Å². The largest absolute Gasteiger partial charge is 0.489 e. The molecule has 0 bridgehead atoms. The Morgan fingerprint density at radius 3 is 2.50 bits per heavy atom. The van der Waals surface area contributed by atoms with Gasteiger partial charge in [0.1, 0.15) is 12.4 Å². The van der Waals surface area contributed by atoms with Crippen molar-refractivity contribution in [1.82, 2.24) is 0 Å². The molecule has 0 amide bonds. The van der Waals surface area contributed by atoms with Crippen molar-refractivity contribution in [3.05, 3.63) is 65.2 Å². The summed E-state index contributed by atoms with van der Waals surface area (Å²) in [6.07, 6.45) is 0.167. The van der Waals surface area contributed by atoms with E-state index in [9.17, 15) is 5.11 Å². The fourth-order valence-electron chi connectivity index (χ4n) is 2.11. The Bertz CT molecular complexity index is 538. The van der Waals surface area contributed by atoms with Crippen LogP contribution >= 0.6 is 0 Å². The zero-order valence-electron chi connectivity index (χ0n) is 11.8. The monoisotopic (exact) mass is 271 g/mol. The summed E-state index contributed by atoms with van der Waals surface area (Å²) in [6, 6.07) is 15.9. The maximum Gasteiger partial charge on any atom is 0.123 e. The highest BCUT2D eigenvalue weighted by atomic mass is 16.5. The third kappa shape index (κ3) is 4.08. The first kappa shape index (κ1) is 14.6. The molecule has 1 atom stereocenters. The Morgan fingerprint density at radius 2 is 1.85 bits per heavy atom. The van der Waals surface area contributed by atoms with E-state index in [0.717, 1.165) is 22.4 Å². The lowest BCUT2D eigenvalue weighted by Crippen LogP contribution is -2.08. The molecule has 0 aliphatic rings. The van der Waals surface area contributed by atoms with Gasteiger partial charge in [-0.25, -0.2) is 0 Å². The van der Waals surface area contributed by atoms with E-state index in [1.165, 1.54) is 0 Å². The van der Waals surface area contributed by atoms with Crippen molar-refractivity contribution in [3.63, 3.8) is 0 Å². The van der Waals surface area contributed by atoms with Gasteiger partial charge in [0.15, 0.2) is 0 Å². The Balaban J connectivity index is 2.13. The van der Waals surface area contributed by atoms with Crippen molar-refractivity contribution >= 4 is 0 Å². The molecule has 0 saturated carbocycles. The molecule has 3 heteroatoms. The predicted molar refractivity (Wildman–Crippen MR) is 80.5 cm³/mol. The summed E-state index contributed by atoms with van der Waals surface area (Å²) in [4.78, 5) is 0. The van der Waals surface area contributed by atoms with Gasteiger partial charge in [0.2, 0.25) is 0 Å². The summed E-state index contributed by atoms with van der Waals surface area (Å²) in [7, 11) is 0. The first-order chi connectivity index (χ1) is 9.69. The number of rotatable bonds is 6. The average molecular weight is 271 g/mol. The first-order valence-electron chi connectivity index (χ1n) is 6.85. The second-order valence-corrected chi connectivity index (χ2v) is 4.97. The van der Waals surface area contributed by atoms with Crippen molar-refractivity contribution < 1.29 is 9.84 Å². The molecule has 0 aromatic heterocycles. The highest BCUT2D eigenvalue weighted by Gasteiger charge is 2.08. The molecular formula is C17H21NO2. The molecule has 0 fully saturated rings. The number of hydrogen-bond acceptors (Lipinski definition) is 3. The maximum atomic E-state index is 9.59. The number of hydrogen-bond donors (Lipinski definition) is 2. The van der Waals surface area contributed by atoms with E-state index < -0.39 is 6.10 Å². The van der Waals surface area contributed by atoms with E-state index in [1.54, 1.807) is 6.92 Å². The van der Waals surface area contributed by atoms with Crippen LogP contribution in [0.25, 0.3) is 0 Å². The number of ether oxygens (including phenoxy) is 1. The molecule has 2 aromatic rings. The zero-order valence-corrected chi connectivity index (χ0v) is 11.8. The zero-order chi connectivity index (χ0) is 14.4. The van der Waals surface area contributed by atoms with Crippen LogP contribution in [0.3, 0.4) is 0 Å². The van der Waals surface area contributed by atoms with Crippen LogP contribution in [0.5, 0.6) is 5.75 Å². The van der Waals surface area contributed by atoms with Crippen molar-refractivity contribution in [2.45, 2.75) is 32.6 Å². The summed E-state index contributed by atoms with van der Waals surface area (Å²) in [5.74, 6) is 0.812. The number of aliphatic hydroxyl groups is 1. The Morgan fingerprint density at radius 1 is 1.10 bits per heavy atom. The molecule has 0 aliphatic carbocycles. The minimum atomic E-state index is -0.401. The van der Waals surface area contributed by atoms with Gasteiger partial charge in [0.05, 0.1) is 6.10 Å². The quantitative estimate of drug-likeness (QED) is 0.849. The Hall–Kier alpha value is -1.84. The van der Waals surface area contributed by atoms with Crippen molar-refractivity contribution in [2.24, 2.45) is 5.73 Å². The molecule has 0 unspecified atom stereocenters. The van der Waals surface area contributed by atoms with Gasteiger partial charge in [-0.2, -0.15) is 0 Å². The molecular weight excluding hydrogens is 250 g/mol. The highest BCUT2D eigenvalue weighted by molar-refractivity contribution is 5.38. The van der Waals surface area contributed by atoms with Crippen LogP contribution in [-0.2, 0) is 19.6 Å². The van der Waals surface area contributed by atoms with Crippen molar-refractivity contribution in [1.29, 1.82) is 0 Å². The van der Waals surface area contributed by atoms with E-state index in [1.807, 2.05) is 48.5 Å². The van der Waals surface area contributed by atoms with Gasteiger partial charge in [-0.05, 0) is 29.7 Å². The molecule has 20 heavy (non-hydrogen) atoms. The lowest BCUT2D eigenvalue weighted by Gasteiger charge is -2.14. The van der Waals surface area contributed by atoms with Crippen molar-refractivity contribution in [3.8, 4) is 5.75 Å². The standard InChI is InChI=1S/C17H21NO2/c1-13(19)9-16-10-15(11-18)7-8-17(16)20-12-14-5-3-2-4-6-14/h2-8,10,13,19H,9,11-12,18H2,1H3/t13-/m0/s1. The normalized spacial score (nSPS) is 12.2. The molecule has 0 aliphatic heterocycles. The summed E-state index contributed by atoms with van der Waals surface area (Å²) < 4.78 is 5.87. The fraction of sp³-hybridized carbons (Fsp3) is 0.294. The third-order valence-corrected chi connectivity index (χ3v) is 3.11. The maximum absolute atomic E-state index is 9.59. The molecule has 0 spiro atoms. The van der Waals surface area contributed by atoms with E-state index in [0.29, 0.717) is 19.6 Å². The van der Waals surface area contributed by atoms with Gasteiger partial charge in [0, 0.05) is 13.0 Å². The Kier molecular flexibility index (Phi) is 5.16. The number of aliphatic hydroxyl groups excluding tert-OH is 1. The number of nitrogens with two attached hydrogens (primary N) is 1. The van der Waals surface area contributed by atoms with Gasteiger partial charge in [-0.1, -0.05) is 42.5 Å². The van der Waals surface area contributed by atoms with Crippen LogP contribution in [0, 0.1) is 0 Å². The molecule has 106 valence electrons. The van der Waals surface area contributed by atoms with E-state index >= 15 is 0 Å².